The Morgan fingerprint density at radius 3 is 1.70 bits per heavy atom. The molecule has 5 nitrogen and oxygen atoms in total. The molecule has 0 atom stereocenters. The fourth-order valence-corrected chi connectivity index (χ4v) is 4.05. The zero-order chi connectivity index (χ0) is 13.9. The molecule has 0 heterocycles. The third kappa shape index (κ3) is 3.62. The third-order valence-electron chi connectivity index (χ3n) is 2.24. The molecule has 0 N–H and O–H groups in total. The standard InChI is InChI=1S/C12H10O5S2.Na.H/c13-18(14,12-9-5-2-6-10-12)19(15,16)17-11-7-3-1-4-8-11;;/h1-10H;;/q;+1;-1. The minimum atomic E-state index is -4.79. The van der Waals surface area contributed by atoms with E-state index in [-0.39, 0.29) is 41.6 Å². The zero-order valence-electron chi connectivity index (χ0n) is 11.6. The van der Waals surface area contributed by atoms with Gasteiger partial charge in [0.1, 0.15) is 5.75 Å². The summed E-state index contributed by atoms with van der Waals surface area (Å²) in [6, 6.07) is 14.3. The predicted octanol–water partition coefficient (Wildman–Crippen LogP) is -1.10. The minimum Gasteiger partial charge on any atom is -1.00 e. The summed E-state index contributed by atoms with van der Waals surface area (Å²) in [5.74, 6) is -0.0537. The largest absolute Gasteiger partial charge is 1.00 e. The number of hydrogen-bond acceptors (Lipinski definition) is 5. The van der Waals surface area contributed by atoms with Crippen LogP contribution >= 0.6 is 0 Å². The molecular weight excluding hydrogens is 311 g/mol. The van der Waals surface area contributed by atoms with Crippen LogP contribution in [-0.2, 0) is 18.0 Å². The summed E-state index contributed by atoms with van der Waals surface area (Å²) in [5, 5.41) is 0. The van der Waals surface area contributed by atoms with Gasteiger partial charge in [-0.25, -0.2) is 8.42 Å². The van der Waals surface area contributed by atoms with Gasteiger partial charge < -0.3 is 5.61 Å². The van der Waals surface area contributed by atoms with Gasteiger partial charge in [0.2, 0.25) is 0 Å². The van der Waals surface area contributed by atoms with Crippen molar-refractivity contribution in [1.82, 2.24) is 0 Å². The number of benzene rings is 2. The van der Waals surface area contributed by atoms with Crippen LogP contribution in [0.15, 0.2) is 65.6 Å². The van der Waals surface area contributed by atoms with Crippen molar-refractivity contribution >= 4 is 18.0 Å². The second-order valence-corrected chi connectivity index (χ2v) is 8.48. The van der Waals surface area contributed by atoms with Gasteiger partial charge in [0, 0.05) is 0 Å². The van der Waals surface area contributed by atoms with Gasteiger partial charge in [0.25, 0.3) is 0 Å². The van der Waals surface area contributed by atoms with Crippen molar-refractivity contribution in [1.29, 1.82) is 0 Å². The first kappa shape index (κ1) is 17.2. The third-order valence-corrected chi connectivity index (χ3v) is 6.42. The van der Waals surface area contributed by atoms with Crippen molar-refractivity contribution in [2.45, 2.75) is 4.90 Å². The van der Waals surface area contributed by atoms with E-state index < -0.39 is 18.0 Å². The zero-order valence-corrected chi connectivity index (χ0v) is 14.3. The normalized spacial score (nSPS) is 11.4. The van der Waals surface area contributed by atoms with E-state index in [1.165, 1.54) is 36.4 Å². The van der Waals surface area contributed by atoms with Crippen LogP contribution in [0.4, 0.5) is 0 Å². The Morgan fingerprint density at radius 2 is 1.20 bits per heavy atom. The van der Waals surface area contributed by atoms with Gasteiger partial charge in [-0.2, -0.15) is 8.42 Å². The number of rotatable bonds is 4. The Hall–Kier alpha value is -0.860. The summed E-state index contributed by atoms with van der Waals surface area (Å²) in [7, 11) is -9.38. The number of para-hydroxylation sites is 1. The van der Waals surface area contributed by atoms with Crippen LogP contribution in [0.3, 0.4) is 0 Å². The quantitative estimate of drug-likeness (QED) is 0.527. The second-order valence-electron chi connectivity index (χ2n) is 3.57. The minimum absolute atomic E-state index is 0. The molecule has 102 valence electrons. The van der Waals surface area contributed by atoms with Crippen LogP contribution in [0, 0.1) is 0 Å². The molecule has 0 bridgehead atoms. The molecule has 0 aromatic heterocycles. The van der Waals surface area contributed by atoms with Crippen molar-refractivity contribution in [2.24, 2.45) is 0 Å². The van der Waals surface area contributed by atoms with Gasteiger partial charge in [-0.3, -0.25) is 0 Å². The summed E-state index contributed by atoms with van der Waals surface area (Å²) in [4.78, 5) is -0.328. The van der Waals surface area contributed by atoms with Crippen LogP contribution in [0.1, 0.15) is 1.43 Å². The van der Waals surface area contributed by atoms with E-state index in [4.69, 9.17) is 0 Å². The van der Waals surface area contributed by atoms with Gasteiger partial charge in [-0.05, 0) is 24.3 Å². The molecule has 0 saturated heterocycles. The maximum atomic E-state index is 11.9. The van der Waals surface area contributed by atoms with Crippen LogP contribution in [0.25, 0.3) is 0 Å². The molecule has 20 heavy (non-hydrogen) atoms. The van der Waals surface area contributed by atoms with Crippen molar-refractivity contribution in [3.8, 4) is 5.75 Å². The first-order chi connectivity index (χ1) is 8.93. The predicted molar refractivity (Wildman–Crippen MR) is 70.7 cm³/mol. The van der Waals surface area contributed by atoms with Gasteiger partial charge in [-0.15, -0.1) is 0 Å². The molecule has 0 fully saturated rings. The van der Waals surface area contributed by atoms with Crippen molar-refractivity contribution < 1.29 is 52.0 Å². The van der Waals surface area contributed by atoms with Crippen LogP contribution in [-0.4, -0.2) is 16.8 Å². The van der Waals surface area contributed by atoms with E-state index in [1.807, 2.05) is 0 Å². The smallest absolute Gasteiger partial charge is 1.00 e. The molecule has 0 aliphatic rings. The molecule has 0 amide bonds. The average molecular weight is 322 g/mol. The van der Waals surface area contributed by atoms with Crippen LogP contribution < -0.4 is 33.7 Å². The first-order valence-electron chi connectivity index (χ1n) is 5.23. The Kier molecular flexibility index (Phi) is 5.79. The van der Waals surface area contributed by atoms with E-state index in [0.717, 1.165) is 0 Å². The maximum absolute atomic E-state index is 11.9. The summed E-state index contributed by atoms with van der Waals surface area (Å²) in [5.41, 5.74) is 0. The summed E-state index contributed by atoms with van der Waals surface area (Å²) in [6.45, 7) is 0. The number of hydrogen-bond donors (Lipinski definition) is 0. The average Bonchev–Trinajstić information content (AvgIpc) is 2.40. The van der Waals surface area contributed by atoms with Gasteiger partial charge in [0.05, 0.1) is 4.90 Å². The second kappa shape index (κ2) is 6.73. The Labute approximate surface area is 140 Å². The van der Waals surface area contributed by atoms with Gasteiger partial charge in [-0.1, -0.05) is 36.4 Å². The molecule has 0 unspecified atom stereocenters. The van der Waals surface area contributed by atoms with Crippen LogP contribution in [0.5, 0.6) is 5.75 Å². The molecule has 0 aliphatic heterocycles. The van der Waals surface area contributed by atoms with Crippen molar-refractivity contribution in [3.63, 3.8) is 0 Å². The van der Waals surface area contributed by atoms with Crippen LogP contribution in [0.2, 0.25) is 0 Å². The van der Waals surface area contributed by atoms with Crippen molar-refractivity contribution in [2.75, 3.05) is 0 Å². The monoisotopic (exact) mass is 322 g/mol. The molecular formula is C12H11NaO5S2. The fourth-order valence-electron chi connectivity index (χ4n) is 1.34. The molecule has 0 radical (unpaired) electrons. The molecule has 0 saturated carbocycles. The van der Waals surface area contributed by atoms with E-state index in [0.29, 0.717) is 0 Å². The van der Waals surface area contributed by atoms with Crippen molar-refractivity contribution in [3.05, 3.63) is 60.7 Å². The molecule has 2 rings (SSSR count). The van der Waals surface area contributed by atoms with Gasteiger partial charge >= 0.3 is 47.6 Å². The van der Waals surface area contributed by atoms with E-state index >= 15 is 0 Å². The molecule has 2 aromatic carbocycles. The maximum Gasteiger partial charge on any atom is 1.00 e. The Balaban J connectivity index is 0.00000200. The van der Waals surface area contributed by atoms with E-state index in [1.54, 1.807) is 24.3 Å². The molecule has 0 aliphatic carbocycles. The van der Waals surface area contributed by atoms with E-state index in [9.17, 15) is 16.8 Å². The summed E-state index contributed by atoms with van der Waals surface area (Å²) in [6.07, 6.45) is 0. The SMILES string of the molecule is O=S(=O)(Oc1ccccc1)S(=O)(=O)c1ccccc1.[H-].[Na+]. The van der Waals surface area contributed by atoms with Gasteiger partial charge in [0.15, 0.2) is 0 Å². The van der Waals surface area contributed by atoms with E-state index in [2.05, 4.69) is 4.18 Å². The Morgan fingerprint density at radius 1 is 0.750 bits per heavy atom. The summed E-state index contributed by atoms with van der Waals surface area (Å²) < 4.78 is 52.1. The fraction of sp³-hybridized carbons (Fsp3) is 0. The summed E-state index contributed by atoms with van der Waals surface area (Å²) >= 11 is 0. The molecule has 0 spiro atoms. The Bertz CT molecular complexity index is 762. The molecule has 8 heteroatoms. The topological polar surface area (TPSA) is 77.5 Å². The first-order valence-corrected chi connectivity index (χ1v) is 8.64. The molecule has 2 aromatic rings.